The van der Waals surface area contributed by atoms with Gasteiger partial charge in [-0.1, -0.05) is 32.1 Å². The second-order valence-corrected chi connectivity index (χ2v) is 5.62. The minimum absolute atomic E-state index is 0.574. The molecular weight excluding hydrogens is 294 g/mol. The summed E-state index contributed by atoms with van der Waals surface area (Å²) in [6.45, 7) is 0.940. The lowest BCUT2D eigenvalue weighted by atomic mass is 9.87. The highest BCUT2D eigenvalue weighted by Gasteiger charge is 2.13. The Hall–Kier alpha value is -0.840. The van der Waals surface area contributed by atoms with Crippen LogP contribution < -0.4 is 10.1 Å². The number of anilines is 1. The summed E-state index contributed by atoms with van der Waals surface area (Å²) in [5.41, 5.74) is 0. The van der Waals surface area contributed by atoms with E-state index >= 15 is 0 Å². The zero-order valence-electron chi connectivity index (χ0n) is 10.8. The van der Waals surface area contributed by atoms with E-state index < -0.39 is 0 Å². The van der Waals surface area contributed by atoms with Gasteiger partial charge in [0.25, 0.3) is 0 Å². The molecule has 1 aromatic heterocycles. The molecule has 5 heteroatoms. The van der Waals surface area contributed by atoms with E-state index in [2.05, 4.69) is 31.2 Å². The van der Waals surface area contributed by atoms with Crippen molar-refractivity contribution in [1.82, 2.24) is 9.97 Å². The summed E-state index contributed by atoms with van der Waals surface area (Å²) in [5, 5.41) is 3.27. The molecule has 100 valence electrons. The fraction of sp³-hybridized carbons (Fsp3) is 0.692. The number of ether oxygens (including phenoxy) is 1. The molecule has 0 unspecified atom stereocenters. The molecule has 2 rings (SSSR count). The van der Waals surface area contributed by atoms with Gasteiger partial charge in [0.05, 0.1) is 17.8 Å². The highest BCUT2D eigenvalue weighted by atomic mass is 79.9. The van der Waals surface area contributed by atoms with Gasteiger partial charge in [0, 0.05) is 6.54 Å². The normalized spacial score (nSPS) is 16.6. The van der Waals surface area contributed by atoms with Crippen molar-refractivity contribution < 1.29 is 4.74 Å². The Bertz CT molecular complexity index is 380. The van der Waals surface area contributed by atoms with Crippen LogP contribution in [0.4, 0.5) is 5.95 Å². The summed E-state index contributed by atoms with van der Waals surface area (Å²) < 4.78 is 5.92. The highest BCUT2D eigenvalue weighted by Crippen LogP contribution is 2.26. The smallest absolute Gasteiger partial charge is 0.232 e. The zero-order valence-corrected chi connectivity index (χ0v) is 12.4. The summed E-state index contributed by atoms with van der Waals surface area (Å²) in [4.78, 5) is 8.50. The molecule has 1 saturated carbocycles. The van der Waals surface area contributed by atoms with E-state index in [4.69, 9.17) is 4.74 Å². The second kappa shape index (κ2) is 6.92. The fourth-order valence-electron chi connectivity index (χ4n) is 2.44. The van der Waals surface area contributed by atoms with E-state index in [1.807, 2.05) is 0 Å². The second-order valence-electron chi connectivity index (χ2n) is 4.77. The van der Waals surface area contributed by atoms with Crippen LogP contribution in [0.25, 0.3) is 0 Å². The third-order valence-corrected chi connectivity index (χ3v) is 4.01. The molecule has 0 amide bonds. The largest absolute Gasteiger partial charge is 0.480 e. The van der Waals surface area contributed by atoms with Gasteiger partial charge in [0.15, 0.2) is 0 Å². The number of hydrogen-bond acceptors (Lipinski definition) is 4. The maximum atomic E-state index is 5.14. The lowest BCUT2D eigenvalue weighted by Gasteiger charge is -2.21. The molecule has 0 radical (unpaired) electrons. The van der Waals surface area contributed by atoms with Crippen LogP contribution in [0.5, 0.6) is 5.88 Å². The van der Waals surface area contributed by atoms with Crippen LogP contribution in [0.1, 0.15) is 38.5 Å². The number of nitrogens with one attached hydrogen (secondary N) is 1. The minimum Gasteiger partial charge on any atom is -0.480 e. The number of rotatable bonds is 5. The van der Waals surface area contributed by atoms with Crippen molar-refractivity contribution in [3.05, 3.63) is 10.7 Å². The molecule has 1 N–H and O–H groups in total. The number of nitrogens with zero attached hydrogens (tertiary/aromatic N) is 2. The molecule has 1 aliphatic carbocycles. The third kappa shape index (κ3) is 3.83. The minimum atomic E-state index is 0.574. The molecule has 4 nitrogen and oxygen atoms in total. The van der Waals surface area contributed by atoms with Crippen molar-refractivity contribution in [2.24, 2.45) is 5.92 Å². The quantitative estimate of drug-likeness (QED) is 0.901. The molecule has 0 atom stereocenters. The standard InChI is InChI=1S/C13H20BrN3O/c1-18-12-11(14)9-16-13(17-12)15-8-7-10-5-3-2-4-6-10/h9-10H,2-8H2,1H3,(H,15,16,17). The van der Waals surface area contributed by atoms with Crippen molar-refractivity contribution in [1.29, 1.82) is 0 Å². The van der Waals surface area contributed by atoms with Crippen molar-refractivity contribution in [2.45, 2.75) is 38.5 Å². The Labute approximate surface area is 117 Å². The summed E-state index contributed by atoms with van der Waals surface area (Å²) in [6.07, 6.45) is 9.90. The van der Waals surface area contributed by atoms with Crippen LogP contribution in [-0.4, -0.2) is 23.6 Å². The van der Waals surface area contributed by atoms with E-state index in [1.54, 1.807) is 13.3 Å². The molecule has 18 heavy (non-hydrogen) atoms. The average Bonchev–Trinajstić information content (AvgIpc) is 2.42. The first-order valence-electron chi connectivity index (χ1n) is 6.60. The van der Waals surface area contributed by atoms with Gasteiger partial charge in [-0.15, -0.1) is 0 Å². The van der Waals surface area contributed by atoms with Gasteiger partial charge in [0.2, 0.25) is 11.8 Å². The SMILES string of the molecule is COc1nc(NCCC2CCCCC2)ncc1Br. The van der Waals surface area contributed by atoms with Crippen molar-refractivity contribution in [2.75, 3.05) is 19.0 Å². The number of hydrogen-bond donors (Lipinski definition) is 1. The first-order valence-corrected chi connectivity index (χ1v) is 7.39. The molecule has 1 aromatic rings. The maximum absolute atomic E-state index is 5.14. The lowest BCUT2D eigenvalue weighted by Crippen LogP contribution is -2.13. The summed E-state index contributed by atoms with van der Waals surface area (Å²) in [5.74, 6) is 2.10. The fourth-order valence-corrected chi connectivity index (χ4v) is 2.80. The molecule has 1 heterocycles. The van der Waals surface area contributed by atoms with E-state index in [0.29, 0.717) is 11.8 Å². The average molecular weight is 314 g/mol. The first kappa shape index (κ1) is 13.6. The van der Waals surface area contributed by atoms with Crippen LogP contribution in [-0.2, 0) is 0 Å². The molecule has 0 bridgehead atoms. The molecule has 0 aliphatic heterocycles. The Morgan fingerprint density at radius 3 is 2.89 bits per heavy atom. The van der Waals surface area contributed by atoms with Gasteiger partial charge in [-0.05, 0) is 28.3 Å². The predicted octanol–water partition coefficient (Wildman–Crippen LogP) is 3.63. The van der Waals surface area contributed by atoms with Crippen LogP contribution in [0.15, 0.2) is 10.7 Å². The number of methoxy groups -OCH3 is 1. The number of aromatic nitrogens is 2. The van der Waals surface area contributed by atoms with E-state index in [-0.39, 0.29) is 0 Å². The van der Waals surface area contributed by atoms with Gasteiger partial charge < -0.3 is 10.1 Å². The molecule has 0 spiro atoms. The third-order valence-electron chi connectivity index (χ3n) is 3.47. The Morgan fingerprint density at radius 2 is 2.17 bits per heavy atom. The molecule has 0 aromatic carbocycles. The lowest BCUT2D eigenvalue weighted by molar-refractivity contribution is 0.345. The predicted molar refractivity (Wildman–Crippen MR) is 76.0 cm³/mol. The number of halogens is 1. The van der Waals surface area contributed by atoms with Crippen molar-refractivity contribution in [3.8, 4) is 5.88 Å². The highest BCUT2D eigenvalue weighted by molar-refractivity contribution is 9.10. The van der Waals surface area contributed by atoms with Gasteiger partial charge in [-0.25, -0.2) is 4.98 Å². The van der Waals surface area contributed by atoms with Crippen LogP contribution in [0.3, 0.4) is 0 Å². The monoisotopic (exact) mass is 313 g/mol. The summed E-state index contributed by atoms with van der Waals surface area (Å²) in [7, 11) is 1.61. The Morgan fingerprint density at radius 1 is 1.39 bits per heavy atom. The van der Waals surface area contributed by atoms with Crippen LogP contribution in [0.2, 0.25) is 0 Å². The van der Waals surface area contributed by atoms with Crippen LogP contribution >= 0.6 is 15.9 Å². The van der Waals surface area contributed by atoms with Crippen LogP contribution in [0, 0.1) is 5.92 Å². The maximum Gasteiger partial charge on any atom is 0.232 e. The van der Waals surface area contributed by atoms with Gasteiger partial charge in [0.1, 0.15) is 0 Å². The summed E-state index contributed by atoms with van der Waals surface area (Å²) >= 11 is 3.34. The Balaban J connectivity index is 1.79. The van der Waals surface area contributed by atoms with Gasteiger partial charge in [-0.3, -0.25) is 0 Å². The Kier molecular flexibility index (Phi) is 5.23. The molecular formula is C13H20BrN3O. The molecule has 1 fully saturated rings. The van der Waals surface area contributed by atoms with Crippen molar-refractivity contribution >= 4 is 21.9 Å². The first-order chi connectivity index (χ1) is 8.79. The van der Waals surface area contributed by atoms with Crippen molar-refractivity contribution in [3.63, 3.8) is 0 Å². The summed E-state index contributed by atoms with van der Waals surface area (Å²) in [6, 6.07) is 0. The van der Waals surface area contributed by atoms with E-state index in [1.165, 1.54) is 38.5 Å². The zero-order chi connectivity index (χ0) is 12.8. The molecule has 1 aliphatic rings. The topological polar surface area (TPSA) is 47.0 Å². The molecule has 0 saturated heterocycles. The van der Waals surface area contributed by atoms with Gasteiger partial charge in [-0.2, -0.15) is 4.98 Å². The van der Waals surface area contributed by atoms with E-state index in [0.717, 1.165) is 16.9 Å². The van der Waals surface area contributed by atoms with E-state index in [9.17, 15) is 0 Å². The van der Waals surface area contributed by atoms with Gasteiger partial charge >= 0.3 is 0 Å².